The van der Waals surface area contributed by atoms with E-state index in [0.29, 0.717) is 28.1 Å². The van der Waals surface area contributed by atoms with Gasteiger partial charge >= 0.3 is 7.32 Å². The number of aryl methyl sites for hydroxylation is 2. The monoisotopic (exact) mass is 481 g/mol. The molecular weight excluding hydrogens is 460 g/mol. The van der Waals surface area contributed by atoms with Gasteiger partial charge in [-0.2, -0.15) is 0 Å². The second-order valence-electron chi connectivity index (χ2n) is 7.53. The van der Waals surface area contributed by atoms with Crippen molar-refractivity contribution in [2.45, 2.75) is 27.0 Å². The number of nitrogens with zero attached hydrogens (tertiary/aromatic N) is 3. The Morgan fingerprint density at radius 2 is 1.45 bits per heavy atom. The minimum absolute atomic E-state index is 0.170. The Balaban J connectivity index is 1.50. The van der Waals surface area contributed by atoms with Gasteiger partial charge < -0.3 is 14.0 Å². The smallest absolute Gasteiger partial charge is 0.501 e. The Kier molecular flexibility index (Phi) is 7.55. The Hall–Kier alpha value is -3.00. The molecule has 0 aliphatic carbocycles. The molecule has 6 nitrogen and oxygen atoms in total. The van der Waals surface area contributed by atoms with Crippen LogP contribution in [0, 0.1) is 13.8 Å². The highest BCUT2D eigenvalue weighted by molar-refractivity contribution is 6.38. The summed E-state index contributed by atoms with van der Waals surface area (Å²) in [6.45, 7) is 4.59. The lowest BCUT2D eigenvalue weighted by Crippen LogP contribution is -2.34. The van der Waals surface area contributed by atoms with E-state index >= 15 is 0 Å². The molecule has 0 N–H and O–H groups in total. The van der Waals surface area contributed by atoms with Crippen LogP contribution in [-0.2, 0) is 17.8 Å². The summed E-state index contributed by atoms with van der Waals surface area (Å²) in [5, 5.41) is 9.38. The first-order valence-corrected chi connectivity index (χ1v) is 11.1. The fourth-order valence-electron chi connectivity index (χ4n) is 3.04. The highest BCUT2D eigenvalue weighted by atomic mass is 35.5. The molecule has 0 radical (unpaired) electrons. The van der Waals surface area contributed by atoms with Crippen molar-refractivity contribution in [3.8, 4) is 11.5 Å². The molecule has 0 saturated heterocycles. The minimum atomic E-state index is -1.05. The molecule has 0 unspecified atom stereocenters. The zero-order valence-corrected chi connectivity index (χ0v) is 19.8. The van der Waals surface area contributed by atoms with E-state index in [0.717, 1.165) is 22.4 Å². The molecule has 1 heterocycles. The van der Waals surface area contributed by atoms with E-state index in [9.17, 15) is 0 Å². The maximum atomic E-state index is 6.25. The van der Waals surface area contributed by atoms with Gasteiger partial charge in [-0.1, -0.05) is 70.9 Å². The molecule has 33 heavy (non-hydrogen) atoms. The summed E-state index contributed by atoms with van der Waals surface area (Å²) in [5.74, 6) is 1.04. The van der Waals surface area contributed by atoms with Crippen LogP contribution in [0.2, 0.25) is 10.0 Å². The second-order valence-corrected chi connectivity index (χ2v) is 8.34. The van der Waals surface area contributed by atoms with Crippen molar-refractivity contribution < 1.29 is 14.0 Å². The van der Waals surface area contributed by atoms with Crippen molar-refractivity contribution in [1.29, 1.82) is 0 Å². The number of hydrogen-bond donors (Lipinski definition) is 0. The third-order valence-electron chi connectivity index (χ3n) is 4.99. The largest absolute Gasteiger partial charge is 0.788 e. The van der Waals surface area contributed by atoms with Crippen LogP contribution in [-0.4, -0.2) is 22.3 Å². The first-order valence-electron chi connectivity index (χ1n) is 10.4. The topological polar surface area (TPSA) is 58.4 Å². The molecule has 0 aliphatic heterocycles. The van der Waals surface area contributed by atoms with E-state index < -0.39 is 7.32 Å². The second kappa shape index (κ2) is 10.7. The lowest BCUT2D eigenvalue weighted by molar-refractivity contribution is 0.186. The molecule has 3 aromatic carbocycles. The van der Waals surface area contributed by atoms with E-state index in [4.69, 9.17) is 37.2 Å². The van der Waals surface area contributed by atoms with Gasteiger partial charge in [0.15, 0.2) is 0 Å². The van der Waals surface area contributed by atoms with Gasteiger partial charge in [0.2, 0.25) is 0 Å². The molecule has 1 aromatic heterocycles. The predicted octanol–water partition coefficient (Wildman–Crippen LogP) is 5.91. The van der Waals surface area contributed by atoms with Gasteiger partial charge in [0.1, 0.15) is 11.5 Å². The minimum Gasteiger partial charge on any atom is -0.501 e. The zero-order valence-electron chi connectivity index (χ0n) is 18.2. The number of halogens is 2. The first kappa shape index (κ1) is 23.2. The number of rotatable bonds is 9. The zero-order chi connectivity index (χ0) is 23.2. The molecule has 168 valence electrons. The molecule has 0 amide bonds. The fourth-order valence-corrected chi connectivity index (χ4v) is 3.38. The van der Waals surface area contributed by atoms with Gasteiger partial charge in [-0.25, -0.2) is 4.68 Å². The van der Waals surface area contributed by atoms with E-state index in [2.05, 4.69) is 10.3 Å². The third-order valence-corrected chi connectivity index (χ3v) is 5.81. The van der Waals surface area contributed by atoms with Gasteiger partial charge in [-0.05, 0) is 54.8 Å². The molecule has 0 spiro atoms. The van der Waals surface area contributed by atoms with Gasteiger partial charge in [0, 0.05) is 10.0 Å². The molecule has 9 heteroatoms. The first-order chi connectivity index (χ1) is 16.0. The van der Waals surface area contributed by atoms with Crippen LogP contribution in [0.3, 0.4) is 0 Å². The van der Waals surface area contributed by atoms with Crippen molar-refractivity contribution >= 4 is 30.5 Å². The molecular formula is C24H22BCl2N3O3. The number of aromatic nitrogens is 3. The van der Waals surface area contributed by atoms with E-state index in [1.807, 2.05) is 68.4 Å². The summed E-state index contributed by atoms with van der Waals surface area (Å²) in [5.41, 5.74) is 3.78. The average molecular weight is 482 g/mol. The summed E-state index contributed by atoms with van der Waals surface area (Å²) in [6.07, 6.45) is 1.66. The Morgan fingerprint density at radius 1 is 0.848 bits per heavy atom. The van der Waals surface area contributed by atoms with Gasteiger partial charge in [-0.15, -0.1) is 5.10 Å². The van der Waals surface area contributed by atoms with Crippen LogP contribution < -0.4 is 9.31 Å². The maximum Gasteiger partial charge on any atom is 0.788 e. The Labute approximate surface area is 203 Å². The van der Waals surface area contributed by atoms with Crippen molar-refractivity contribution in [2.75, 3.05) is 0 Å². The van der Waals surface area contributed by atoms with Crippen LogP contribution in [0.4, 0.5) is 0 Å². The summed E-state index contributed by atoms with van der Waals surface area (Å²) in [4.78, 5) is 0. The Bertz CT molecular complexity index is 1170. The molecule has 0 fully saturated rings. The van der Waals surface area contributed by atoms with Crippen molar-refractivity contribution in [3.63, 3.8) is 0 Å². The van der Waals surface area contributed by atoms with Gasteiger partial charge in [0.25, 0.3) is 0 Å². The van der Waals surface area contributed by atoms with E-state index in [1.54, 1.807) is 23.0 Å². The van der Waals surface area contributed by atoms with Crippen LogP contribution in [0.25, 0.3) is 0 Å². The molecule has 0 aliphatic rings. The standard InChI is InChI=1S/C24H22BCl2N3O3/c1-17-8-10-21(12-23(17)26)32-25(33-22-11-9-18(2)24(27)13-22)31-16-20-14-28-29-30(20)15-19-6-4-3-5-7-19/h3-14H,15-16H2,1-2H3. The number of benzene rings is 3. The van der Waals surface area contributed by atoms with Gasteiger partial charge in [0.05, 0.1) is 25.0 Å². The lowest BCUT2D eigenvalue weighted by Gasteiger charge is -2.17. The van der Waals surface area contributed by atoms with Crippen molar-refractivity contribution in [3.05, 3.63) is 105 Å². The molecule has 0 atom stereocenters. The average Bonchev–Trinajstić information content (AvgIpc) is 3.24. The lowest BCUT2D eigenvalue weighted by atomic mass is 10.1. The van der Waals surface area contributed by atoms with E-state index in [-0.39, 0.29) is 6.61 Å². The van der Waals surface area contributed by atoms with Crippen LogP contribution >= 0.6 is 23.2 Å². The summed E-state index contributed by atoms with van der Waals surface area (Å²) >= 11 is 12.5. The van der Waals surface area contributed by atoms with Gasteiger partial charge in [-0.3, -0.25) is 0 Å². The molecule has 4 aromatic rings. The van der Waals surface area contributed by atoms with Crippen LogP contribution in [0.15, 0.2) is 72.9 Å². The normalized spacial score (nSPS) is 10.8. The summed E-state index contributed by atoms with van der Waals surface area (Å²) in [7, 11) is -1.05. The molecule has 4 rings (SSSR count). The third kappa shape index (κ3) is 6.29. The predicted molar refractivity (Wildman–Crippen MR) is 130 cm³/mol. The number of hydrogen-bond acceptors (Lipinski definition) is 5. The fraction of sp³-hybridized carbons (Fsp3) is 0.167. The van der Waals surface area contributed by atoms with Crippen molar-refractivity contribution in [2.24, 2.45) is 0 Å². The molecule has 0 bridgehead atoms. The van der Waals surface area contributed by atoms with Crippen molar-refractivity contribution in [1.82, 2.24) is 15.0 Å². The summed E-state index contributed by atoms with van der Waals surface area (Å²) in [6, 6.07) is 20.8. The summed E-state index contributed by atoms with van der Waals surface area (Å²) < 4.78 is 19.7. The highest BCUT2D eigenvalue weighted by Crippen LogP contribution is 2.25. The van der Waals surface area contributed by atoms with E-state index in [1.165, 1.54) is 0 Å². The maximum absolute atomic E-state index is 6.25. The quantitative estimate of drug-likeness (QED) is 0.278. The SMILES string of the molecule is Cc1ccc(OB(OCc2cnnn2Cc2ccccc2)Oc2ccc(C)c(Cl)c2)cc1Cl. The van der Waals surface area contributed by atoms with Crippen LogP contribution in [0.5, 0.6) is 11.5 Å². The highest BCUT2D eigenvalue weighted by Gasteiger charge is 2.28. The van der Waals surface area contributed by atoms with Crippen LogP contribution in [0.1, 0.15) is 22.4 Å². The Morgan fingerprint density at radius 3 is 2.03 bits per heavy atom. The molecule has 0 saturated carbocycles.